The number of hydrogen-bond donors (Lipinski definition) is 2. The summed E-state index contributed by atoms with van der Waals surface area (Å²) in [6.45, 7) is 4.53. The molecule has 24 heavy (non-hydrogen) atoms. The number of ether oxygens (including phenoxy) is 1. The van der Waals surface area contributed by atoms with Crippen LogP contribution in [0.15, 0.2) is 0 Å². The summed E-state index contributed by atoms with van der Waals surface area (Å²) in [6.07, 6.45) is 8.69. The summed E-state index contributed by atoms with van der Waals surface area (Å²) < 4.78 is 5.12. The van der Waals surface area contributed by atoms with Gasteiger partial charge in [-0.1, -0.05) is 19.3 Å². The smallest absolute Gasteiger partial charge is 0.220 e. The van der Waals surface area contributed by atoms with E-state index in [4.69, 9.17) is 10.5 Å². The van der Waals surface area contributed by atoms with E-state index in [0.717, 1.165) is 51.9 Å². The van der Waals surface area contributed by atoms with Gasteiger partial charge >= 0.3 is 0 Å². The second-order valence-corrected chi connectivity index (χ2v) is 7.12. The molecule has 0 bridgehead atoms. The molecule has 0 spiro atoms. The highest BCUT2D eigenvalue weighted by molar-refractivity contribution is 5.85. The molecule has 144 valence electrons. The molecule has 2 rings (SSSR count). The average Bonchev–Trinajstić information content (AvgIpc) is 2.55. The molecule has 1 saturated heterocycles. The van der Waals surface area contributed by atoms with Crippen molar-refractivity contribution in [1.82, 2.24) is 10.2 Å². The van der Waals surface area contributed by atoms with E-state index in [9.17, 15) is 4.79 Å². The lowest BCUT2D eigenvalue weighted by Gasteiger charge is -2.37. The Labute approximate surface area is 159 Å². The van der Waals surface area contributed by atoms with Crippen molar-refractivity contribution in [3.05, 3.63) is 0 Å². The molecule has 5 nitrogen and oxygen atoms in total. The van der Waals surface area contributed by atoms with Crippen molar-refractivity contribution in [1.29, 1.82) is 0 Å². The molecule has 2 aliphatic rings. The van der Waals surface area contributed by atoms with Gasteiger partial charge < -0.3 is 20.7 Å². The molecule has 1 amide bonds. The number of methoxy groups -OCH3 is 1. The maximum absolute atomic E-state index is 12.4. The number of likely N-dealkylation sites (tertiary alicyclic amines) is 1. The van der Waals surface area contributed by atoms with E-state index < -0.39 is 0 Å². The van der Waals surface area contributed by atoms with Gasteiger partial charge in [-0.3, -0.25) is 4.79 Å². The van der Waals surface area contributed by atoms with Gasteiger partial charge in [0, 0.05) is 39.2 Å². The van der Waals surface area contributed by atoms with Crippen molar-refractivity contribution in [3.8, 4) is 0 Å². The number of halogens is 2. The topological polar surface area (TPSA) is 67.6 Å². The van der Waals surface area contributed by atoms with E-state index >= 15 is 0 Å². The lowest BCUT2D eigenvalue weighted by Crippen LogP contribution is -2.47. The minimum atomic E-state index is 0. The highest BCUT2D eigenvalue weighted by atomic mass is 35.5. The van der Waals surface area contributed by atoms with E-state index in [1.807, 2.05) is 0 Å². The van der Waals surface area contributed by atoms with Crippen LogP contribution in [0.2, 0.25) is 0 Å². The number of carbonyl (C=O) groups excluding carboxylic acids is 1. The van der Waals surface area contributed by atoms with E-state index in [-0.39, 0.29) is 36.1 Å². The summed E-state index contributed by atoms with van der Waals surface area (Å²) in [5.74, 6) is 0.211. The molecule has 1 aliphatic carbocycles. The fraction of sp³-hybridized carbons (Fsp3) is 0.941. The van der Waals surface area contributed by atoms with Gasteiger partial charge in [0.15, 0.2) is 0 Å². The molecule has 3 N–H and O–H groups in total. The van der Waals surface area contributed by atoms with Crippen LogP contribution in [0, 0.1) is 5.41 Å². The third kappa shape index (κ3) is 7.44. The summed E-state index contributed by atoms with van der Waals surface area (Å²) in [5, 5.41) is 3.25. The molecule has 1 aliphatic heterocycles. The number of nitrogens with one attached hydrogen (secondary N) is 1. The van der Waals surface area contributed by atoms with Crippen LogP contribution in [0.4, 0.5) is 0 Å². The van der Waals surface area contributed by atoms with E-state index in [2.05, 4.69) is 10.2 Å². The molecule has 0 atom stereocenters. The number of hydrogen-bond acceptors (Lipinski definition) is 4. The van der Waals surface area contributed by atoms with Crippen LogP contribution in [-0.4, -0.2) is 56.7 Å². The molecule has 0 radical (unpaired) electrons. The first-order valence-electron chi connectivity index (χ1n) is 8.88. The summed E-state index contributed by atoms with van der Waals surface area (Å²) in [7, 11) is 1.74. The summed E-state index contributed by atoms with van der Waals surface area (Å²) in [5.41, 5.74) is 6.06. The number of amides is 1. The third-order valence-electron chi connectivity index (χ3n) is 5.45. The molecule has 0 aromatic heterocycles. The van der Waals surface area contributed by atoms with Crippen molar-refractivity contribution >= 4 is 30.7 Å². The Balaban J connectivity index is 0.00000264. The van der Waals surface area contributed by atoms with E-state index in [0.29, 0.717) is 19.0 Å². The van der Waals surface area contributed by atoms with Crippen molar-refractivity contribution < 1.29 is 9.53 Å². The Morgan fingerprint density at radius 3 is 2.38 bits per heavy atom. The normalized spacial score (nSPS) is 21.4. The zero-order valence-electron chi connectivity index (χ0n) is 14.9. The monoisotopic (exact) mass is 383 g/mol. The highest BCUT2D eigenvalue weighted by Gasteiger charge is 2.33. The van der Waals surface area contributed by atoms with Gasteiger partial charge in [0.2, 0.25) is 5.91 Å². The van der Waals surface area contributed by atoms with Gasteiger partial charge in [0.25, 0.3) is 0 Å². The molecule has 0 unspecified atom stereocenters. The number of rotatable bonds is 7. The fourth-order valence-electron chi connectivity index (χ4n) is 3.90. The standard InChI is InChI=1S/C17H33N3O2.2ClH/c1-22-12-11-20-9-5-15(6-10-20)19-16(21)13-17(14-18)7-3-2-4-8-17;;/h15H,2-14,18H2,1H3,(H,19,21);2*1H. The quantitative estimate of drug-likeness (QED) is 0.707. The molecular formula is C17H35Cl2N3O2. The Morgan fingerprint density at radius 2 is 1.83 bits per heavy atom. The summed E-state index contributed by atoms with van der Waals surface area (Å²) in [4.78, 5) is 14.8. The van der Waals surface area contributed by atoms with Crippen LogP contribution < -0.4 is 11.1 Å². The van der Waals surface area contributed by atoms with Gasteiger partial charge in [-0.25, -0.2) is 0 Å². The molecule has 7 heteroatoms. The predicted octanol–water partition coefficient (Wildman–Crippen LogP) is 2.36. The van der Waals surface area contributed by atoms with Crippen LogP contribution in [0.25, 0.3) is 0 Å². The van der Waals surface area contributed by atoms with Crippen molar-refractivity contribution in [2.75, 3.05) is 39.9 Å². The maximum Gasteiger partial charge on any atom is 0.220 e. The van der Waals surface area contributed by atoms with Crippen molar-refractivity contribution in [2.24, 2.45) is 11.1 Å². The molecule has 2 fully saturated rings. The van der Waals surface area contributed by atoms with Crippen LogP contribution in [0.3, 0.4) is 0 Å². The lowest BCUT2D eigenvalue weighted by molar-refractivity contribution is -0.124. The van der Waals surface area contributed by atoms with Gasteiger partial charge in [0.1, 0.15) is 0 Å². The van der Waals surface area contributed by atoms with Gasteiger partial charge in [-0.2, -0.15) is 0 Å². The molecular weight excluding hydrogens is 349 g/mol. The third-order valence-corrected chi connectivity index (χ3v) is 5.45. The van der Waals surface area contributed by atoms with Crippen LogP contribution in [0.1, 0.15) is 51.4 Å². The zero-order chi connectivity index (χ0) is 15.8. The molecule has 0 aromatic rings. The second-order valence-electron chi connectivity index (χ2n) is 7.12. The Morgan fingerprint density at radius 1 is 1.21 bits per heavy atom. The van der Waals surface area contributed by atoms with Gasteiger partial charge in [0.05, 0.1) is 6.61 Å². The minimum Gasteiger partial charge on any atom is -0.383 e. The Kier molecular flexibility index (Phi) is 12.3. The Bertz CT molecular complexity index is 345. The lowest BCUT2D eigenvalue weighted by atomic mass is 9.71. The average molecular weight is 384 g/mol. The highest BCUT2D eigenvalue weighted by Crippen LogP contribution is 2.38. The van der Waals surface area contributed by atoms with Crippen molar-refractivity contribution in [2.45, 2.75) is 57.4 Å². The first-order chi connectivity index (χ1) is 10.7. The maximum atomic E-state index is 12.4. The number of carbonyl (C=O) groups is 1. The number of piperidine rings is 1. The second kappa shape index (κ2) is 12.3. The predicted molar refractivity (Wildman–Crippen MR) is 103 cm³/mol. The molecule has 1 saturated carbocycles. The van der Waals surface area contributed by atoms with Gasteiger partial charge in [-0.15, -0.1) is 24.8 Å². The fourth-order valence-corrected chi connectivity index (χ4v) is 3.90. The van der Waals surface area contributed by atoms with E-state index in [1.54, 1.807) is 7.11 Å². The van der Waals surface area contributed by atoms with Crippen LogP contribution >= 0.6 is 24.8 Å². The number of nitrogens with two attached hydrogens (primary N) is 1. The SMILES string of the molecule is COCCN1CCC(NC(=O)CC2(CN)CCCCC2)CC1.Cl.Cl. The molecule has 1 heterocycles. The van der Waals surface area contributed by atoms with E-state index in [1.165, 1.54) is 19.3 Å². The zero-order valence-corrected chi connectivity index (χ0v) is 16.6. The first-order valence-corrected chi connectivity index (χ1v) is 8.88. The van der Waals surface area contributed by atoms with Crippen LogP contribution in [-0.2, 0) is 9.53 Å². The summed E-state index contributed by atoms with van der Waals surface area (Å²) >= 11 is 0. The van der Waals surface area contributed by atoms with Crippen molar-refractivity contribution in [3.63, 3.8) is 0 Å². The van der Waals surface area contributed by atoms with Crippen LogP contribution in [0.5, 0.6) is 0 Å². The number of nitrogens with zero attached hydrogens (tertiary/aromatic N) is 1. The van der Waals surface area contributed by atoms with Gasteiger partial charge in [-0.05, 0) is 37.6 Å². The molecule has 0 aromatic carbocycles. The Hall–Kier alpha value is -0.0700. The first kappa shape index (κ1) is 23.9. The minimum absolute atomic E-state index is 0. The largest absolute Gasteiger partial charge is 0.383 e. The summed E-state index contributed by atoms with van der Waals surface area (Å²) in [6, 6.07) is 0.338.